The van der Waals surface area contributed by atoms with E-state index in [2.05, 4.69) is 17.2 Å². The fraction of sp³-hybridized carbons (Fsp3) is 0.292. The van der Waals surface area contributed by atoms with Crippen LogP contribution in [0.25, 0.3) is 0 Å². The molecule has 0 aliphatic heterocycles. The SMILES string of the molecule is [CH2]CN(C)c1cc(OC)ccc1Nc1cc(F)c(S(=O)(=O)N(C(=O)OC(C)(C)C)c2cscn2)cc1Cl. The number of rotatable bonds is 8. The van der Waals surface area contributed by atoms with Gasteiger partial charge < -0.3 is 19.7 Å². The Morgan fingerprint density at radius 1 is 1.24 bits per heavy atom. The lowest BCUT2D eigenvalue weighted by Gasteiger charge is -2.26. The number of sulfonamides is 1. The second-order valence-electron chi connectivity index (χ2n) is 8.79. The van der Waals surface area contributed by atoms with Gasteiger partial charge in [0.05, 0.1) is 34.7 Å². The molecular weight excluding hydrogens is 543 g/mol. The average Bonchev–Trinajstić information content (AvgIpc) is 3.33. The Bertz CT molecular complexity index is 1380. The molecule has 0 aliphatic carbocycles. The summed E-state index contributed by atoms with van der Waals surface area (Å²) in [5.74, 6) is -0.754. The van der Waals surface area contributed by atoms with Crippen LogP contribution in [0.4, 0.5) is 32.1 Å². The maximum absolute atomic E-state index is 15.4. The molecule has 1 radical (unpaired) electrons. The number of aromatic nitrogens is 1. The third-order valence-electron chi connectivity index (χ3n) is 4.95. The zero-order valence-corrected chi connectivity index (χ0v) is 23.3. The summed E-state index contributed by atoms with van der Waals surface area (Å²) < 4.78 is 53.2. The molecular formula is C24H27ClFN4O5S2. The van der Waals surface area contributed by atoms with Gasteiger partial charge >= 0.3 is 6.09 Å². The van der Waals surface area contributed by atoms with Crippen LogP contribution in [0.5, 0.6) is 5.75 Å². The second-order valence-corrected chi connectivity index (χ2v) is 11.7. The quantitative estimate of drug-likeness (QED) is 0.348. The van der Waals surface area contributed by atoms with Gasteiger partial charge in [-0.3, -0.25) is 0 Å². The minimum atomic E-state index is -4.79. The maximum Gasteiger partial charge on any atom is 0.430 e. The monoisotopic (exact) mass is 569 g/mol. The molecule has 0 spiro atoms. The van der Waals surface area contributed by atoms with Crippen molar-refractivity contribution in [2.45, 2.75) is 31.3 Å². The van der Waals surface area contributed by atoms with Crippen LogP contribution in [0.1, 0.15) is 20.8 Å². The van der Waals surface area contributed by atoms with Crippen LogP contribution in [0.15, 0.2) is 46.1 Å². The molecule has 1 N–H and O–H groups in total. The lowest BCUT2D eigenvalue weighted by molar-refractivity contribution is 0.0608. The molecule has 2 aromatic carbocycles. The van der Waals surface area contributed by atoms with E-state index in [4.69, 9.17) is 21.1 Å². The van der Waals surface area contributed by atoms with Gasteiger partial charge in [-0.1, -0.05) is 11.6 Å². The number of methoxy groups -OCH3 is 1. The van der Waals surface area contributed by atoms with Crippen LogP contribution in [0.3, 0.4) is 0 Å². The number of nitrogens with one attached hydrogen (secondary N) is 1. The van der Waals surface area contributed by atoms with Crippen LogP contribution in [0.2, 0.25) is 5.02 Å². The summed E-state index contributed by atoms with van der Waals surface area (Å²) in [6, 6.07) is 7.07. The van der Waals surface area contributed by atoms with Gasteiger partial charge in [0.25, 0.3) is 10.0 Å². The summed E-state index contributed by atoms with van der Waals surface area (Å²) in [4.78, 5) is 17.8. The molecule has 3 aromatic rings. The number of halogens is 2. The number of anilines is 4. The number of nitrogens with zero attached hydrogens (tertiary/aromatic N) is 3. The summed E-state index contributed by atoms with van der Waals surface area (Å²) in [5, 5.41) is 4.27. The molecule has 1 amide bonds. The predicted octanol–water partition coefficient (Wildman–Crippen LogP) is 6.09. The Hall–Kier alpha value is -3.09. The number of carbonyl (C=O) groups excluding carboxylic acids is 1. The Kier molecular flexibility index (Phi) is 8.56. The average molecular weight is 570 g/mol. The molecule has 0 atom stereocenters. The lowest BCUT2D eigenvalue weighted by Crippen LogP contribution is -2.41. The molecule has 0 bridgehead atoms. The van der Waals surface area contributed by atoms with Crippen molar-refractivity contribution in [2.24, 2.45) is 0 Å². The first-order chi connectivity index (χ1) is 17.3. The zero-order chi connectivity index (χ0) is 27.5. The standard InChI is InChI=1S/C24H27ClFN4O5S2/c1-7-29(5)20-10-15(34-6)8-9-18(20)28-19-12-17(26)21(11-16(19)25)37(32,33)30(22-13-36-14-27-22)23(31)35-24(2,3)4/h8-14,28H,1,7H2,2-6H3. The second kappa shape index (κ2) is 11.1. The summed E-state index contributed by atoms with van der Waals surface area (Å²) in [7, 11) is -1.44. The molecule has 1 heterocycles. The van der Waals surface area contributed by atoms with Crippen molar-refractivity contribution in [3.8, 4) is 5.75 Å². The van der Waals surface area contributed by atoms with Gasteiger partial charge in [-0.2, -0.15) is 0 Å². The summed E-state index contributed by atoms with van der Waals surface area (Å²) >= 11 is 7.47. The van der Waals surface area contributed by atoms with Gasteiger partial charge in [-0.05, 0) is 45.9 Å². The number of carbonyl (C=O) groups is 1. The smallest absolute Gasteiger partial charge is 0.430 e. The molecule has 1 aromatic heterocycles. The number of amides is 1. The van der Waals surface area contributed by atoms with Crippen LogP contribution in [0, 0.1) is 12.7 Å². The zero-order valence-electron chi connectivity index (χ0n) is 20.9. The molecule has 0 fully saturated rings. The Morgan fingerprint density at radius 3 is 2.51 bits per heavy atom. The van der Waals surface area contributed by atoms with Crippen molar-refractivity contribution in [3.63, 3.8) is 0 Å². The number of benzene rings is 2. The van der Waals surface area contributed by atoms with Crippen molar-refractivity contribution in [3.05, 3.63) is 59.0 Å². The summed E-state index contributed by atoms with van der Waals surface area (Å²) in [6.45, 7) is 9.03. The van der Waals surface area contributed by atoms with Crippen LogP contribution in [-0.2, 0) is 14.8 Å². The summed E-state index contributed by atoms with van der Waals surface area (Å²) in [5.41, 5.74) is 1.69. The van der Waals surface area contributed by atoms with Gasteiger partial charge in [0.15, 0.2) is 5.82 Å². The highest BCUT2D eigenvalue weighted by molar-refractivity contribution is 7.93. The van der Waals surface area contributed by atoms with Gasteiger partial charge in [0.1, 0.15) is 22.1 Å². The predicted molar refractivity (Wildman–Crippen MR) is 144 cm³/mol. The molecule has 0 saturated heterocycles. The van der Waals surface area contributed by atoms with Crippen LogP contribution < -0.4 is 19.3 Å². The number of hydrogen-bond acceptors (Lipinski definition) is 9. The van der Waals surface area contributed by atoms with E-state index >= 15 is 4.39 Å². The van der Waals surface area contributed by atoms with Gasteiger partial charge in [-0.25, -0.2) is 22.6 Å². The number of hydrogen-bond donors (Lipinski definition) is 1. The van der Waals surface area contributed by atoms with E-state index in [1.807, 2.05) is 11.9 Å². The fourth-order valence-electron chi connectivity index (χ4n) is 3.17. The molecule has 3 rings (SSSR count). The highest BCUT2D eigenvalue weighted by atomic mass is 35.5. The highest BCUT2D eigenvalue weighted by Gasteiger charge is 2.38. The minimum Gasteiger partial charge on any atom is -0.497 e. The first-order valence-corrected chi connectivity index (χ1v) is 13.7. The molecule has 9 nitrogen and oxygen atoms in total. The Labute approximate surface area is 224 Å². The van der Waals surface area contributed by atoms with Crippen molar-refractivity contribution in [1.29, 1.82) is 0 Å². The third-order valence-corrected chi connectivity index (χ3v) is 7.52. The van der Waals surface area contributed by atoms with E-state index in [0.29, 0.717) is 28.0 Å². The van der Waals surface area contributed by atoms with Crippen molar-refractivity contribution >= 4 is 61.9 Å². The Morgan fingerprint density at radius 2 is 1.95 bits per heavy atom. The fourth-order valence-corrected chi connectivity index (χ4v) is 5.38. The molecule has 13 heteroatoms. The first kappa shape index (κ1) is 28.5. The first-order valence-electron chi connectivity index (χ1n) is 10.9. The van der Waals surface area contributed by atoms with E-state index in [9.17, 15) is 13.2 Å². The van der Waals surface area contributed by atoms with Crippen molar-refractivity contribution in [2.75, 3.05) is 35.2 Å². The lowest BCUT2D eigenvalue weighted by atomic mass is 10.2. The highest BCUT2D eigenvalue weighted by Crippen LogP contribution is 2.37. The minimum absolute atomic E-state index is 0.0959. The van der Waals surface area contributed by atoms with Crippen LogP contribution >= 0.6 is 22.9 Å². The van der Waals surface area contributed by atoms with Gasteiger partial charge in [0, 0.05) is 31.1 Å². The normalized spacial score (nSPS) is 11.7. The molecule has 199 valence electrons. The van der Waals surface area contributed by atoms with Crippen molar-refractivity contribution in [1.82, 2.24) is 4.98 Å². The molecule has 0 unspecified atom stereocenters. The van der Waals surface area contributed by atoms with E-state index in [1.165, 1.54) is 18.0 Å². The van der Waals surface area contributed by atoms with E-state index < -0.39 is 32.4 Å². The molecule has 0 aliphatic rings. The molecule has 0 saturated carbocycles. The maximum atomic E-state index is 15.4. The van der Waals surface area contributed by atoms with E-state index in [-0.39, 0.29) is 16.5 Å². The number of ether oxygens (including phenoxy) is 2. The number of thiazole rings is 1. The van der Waals surface area contributed by atoms with E-state index in [1.54, 1.807) is 39.0 Å². The van der Waals surface area contributed by atoms with Gasteiger partial charge in [0.2, 0.25) is 0 Å². The summed E-state index contributed by atoms with van der Waals surface area (Å²) in [6.07, 6.45) is -1.23. The van der Waals surface area contributed by atoms with Crippen LogP contribution in [-0.4, -0.2) is 45.8 Å². The Balaban J connectivity index is 2.05. The third kappa shape index (κ3) is 6.43. The van der Waals surface area contributed by atoms with Gasteiger partial charge in [-0.15, -0.1) is 15.6 Å². The van der Waals surface area contributed by atoms with Crippen molar-refractivity contribution < 1.29 is 27.1 Å². The van der Waals surface area contributed by atoms with E-state index in [0.717, 1.165) is 23.5 Å². The largest absolute Gasteiger partial charge is 0.497 e. The molecule has 37 heavy (non-hydrogen) atoms. The topological polar surface area (TPSA) is 101 Å².